The van der Waals surface area contributed by atoms with Gasteiger partial charge in [-0.3, -0.25) is 14.7 Å². The number of benzene rings is 2. The minimum absolute atomic E-state index is 0.0245. The van der Waals surface area contributed by atoms with Crippen LogP contribution < -0.4 is 15.6 Å². The monoisotopic (exact) mass is 436 g/mol. The highest BCUT2D eigenvalue weighted by atomic mass is 19.1. The Hall–Kier alpha value is -2.93. The number of hydrogen-bond donors (Lipinski definition) is 2. The summed E-state index contributed by atoms with van der Waals surface area (Å²) in [6.07, 6.45) is 4.50. The van der Waals surface area contributed by atoms with E-state index in [1.165, 1.54) is 11.6 Å². The van der Waals surface area contributed by atoms with Crippen LogP contribution in [0, 0.1) is 17.7 Å². The maximum Gasteiger partial charge on any atom is 0.263 e. The SMILES string of the molecule is O=c1[nH]c(NCC2CCN(Cc3ccccc3)CC2)nc2cc(OCC3CC3)cc(F)c12. The highest BCUT2D eigenvalue weighted by Crippen LogP contribution is 2.30. The van der Waals surface area contributed by atoms with E-state index in [9.17, 15) is 9.18 Å². The molecule has 32 heavy (non-hydrogen) atoms. The molecule has 0 spiro atoms. The van der Waals surface area contributed by atoms with Crippen molar-refractivity contribution in [2.24, 2.45) is 11.8 Å². The molecule has 6 nitrogen and oxygen atoms in total. The fourth-order valence-corrected chi connectivity index (χ4v) is 4.30. The van der Waals surface area contributed by atoms with Crippen LogP contribution in [-0.4, -0.2) is 41.1 Å². The largest absolute Gasteiger partial charge is 0.493 e. The van der Waals surface area contributed by atoms with Crippen LogP contribution in [-0.2, 0) is 6.54 Å². The van der Waals surface area contributed by atoms with Crippen LogP contribution in [0.5, 0.6) is 5.75 Å². The number of hydrogen-bond acceptors (Lipinski definition) is 5. The molecule has 2 N–H and O–H groups in total. The Kier molecular flexibility index (Phi) is 6.08. The molecule has 1 saturated carbocycles. The van der Waals surface area contributed by atoms with E-state index in [0.29, 0.717) is 35.7 Å². The van der Waals surface area contributed by atoms with Gasteiger partial charge >= 0.3 is 0 Å². The number of fused-ring (bicyclic) bond motifs is 1. The van der Waals surface area contributed by atoms with Crippen LogP contribution in [0.25, 0.3) is 10.9 Å². The van der Waals surface area contributed by atoms with E-state index in [1.54, 1.807) is 6.07 Å². The fraction of sp³-hybridized carbons (Fsp3) is 0.440. The molecule has 2 fully saturated rings. The predicted octanol–water partition coefficient (Wildman–Crippen LogP) is 4.18. The lowest BCUT2D eigenvalue weighted by molar-refractivity contribution is 0.182. The van der Waals surface area contributed by atoms with E-state index >= 15 is 0 Å². The maximum atomic E-state index is 14.5. The van der Waals surface area contributed by atoms with Crippen LogP contribution in [0.3, 0.4) is 0 Å². The molecule has 0 unspecified atom stereocenters. The van der Waals surface area contributed by atoms with Gasteiger partial charge in [-0.05, 0) is 56.2 Å². The molecule has 0 atom stereocenters. The summed E-state index contributed by atoms with van der Waals surface area (Å²) >= 11 is 0. The second kappa shape index (κ2) is 9.28. The fourth-order valence-electron chi connectivity index (χ4n) is 4.30. The molecule has 0 amide bonds. The highest BCUT2D eigenvalue weighted by molar-refractivity contribution is 5.80. The summed E-state index contributed by atoms with van der Waals surface area (Å²) in [6.45, 7) is 4.40. The molecule has 0 radical (unpaired) electrons. The molecule has 2 aliphatic rings. The average molecular weight is 437 g/mol. The number of ether oxygens (including phenoxy) is 1. The Labute approximate surface area is 186 Å². The molecule has 0 bridgehead atoms. The van der Waals surface area contributed by atoms with Gasteiger partial charge in [-0.2, -0.15) is 0 Å². The Bertz CT molecular complexity index is 1120. The molecular weight excluding hydrogens is 407 g/mol. The number of H-pyrrole nitrogens is 1. The Balaban J connectivity index is 1.19. The molecule has 168 valence electrons. The number of halogens is 1. The molecule has 1 aliphatic carbocycles. The van der Waals surface area contributed by atoms with Crippen LogP contribution in [0.1, 0.15) is 31.2 Å². The molecule has 7 heteroatoms. The third-order valence-corrected chi connectivity index (χ3v) is 6.43. The summed E-state index contributed by atoms with van der Waals surface area (Å²) in [7, 11) is 0. The number of likely N-dealkylation sites (tertiary alicyclic amines) is 1. The van der Waals surface area contributed by atoms with Gasteiger partial charge < -0.3 is 10.1 Å². The summed E-state index contributed by atoms with van der Waals surface area (Å²) in [5, 5.41) is 3.24. The topological polar surface area (TPSA) is 70.2 Å². The minimum atomic E-state index is -0.598. The van der Waals surface area contributed by atoms with Gasteiger partial charge in [-0.15, -0.1) is 0 Å². The van der Waals surface area contributed by atoms with Gasteiger partial charge in [0.1, 0.15) is 17.0 Å². The van der Waals surface area contributed by atoms with Gasteiger partial charge in [0.05, 0.1) is 12.1 Å². The summed E-state index contributed by atoms with van der Waals surface area (Å²) in [5.74, 6) is 1.29. The first-order valence-electron chi connectivity index (χ1n) is 11.5. The van der Waals surface area contributed by atoms with E-state index in [1.807, 2.05) is 6.07 Å². The van der Waals surface area contributed by atoms with Crippen molar-refractivity contribution in [2.75, 3.05) is 31.6 Å². The number of nitrogens with zero attached hydrogens (tertiary/aromatic N) is 2. The lowest BCUT2D eigenvalue weighted by Crippen LogP contribution is -2.35. The van der Waals surface area contributed by atoms with E-state index < -0.39 is 11.4 Å². The number of aromatic amines is 1. The first kappa shape index (κ1) is 20.9. The second-order valence-corrected chi connectivity index (χ2v) is 9.05. The molecule has 1 aliphatic heterocycles. The van der Waals surface area contributed by atoms with Crippen molar-refractivity contribution in [3.63, 3.8) is 0 Å². The number of rotatable bonds is 8. The van der Waals surface area contributed by atoms with E-state index in [2.05, 4.69) is 44.5 Å². The molecule has 1 saturated heterocycles. The number of nitrogens with one attached hydrogen (secondary N) is 2. The molecule has 1 aromatic heterocycles. The molecule has 5 rings (SSSR count). The van der Waals surface area contributed by atoms with Crippen molar-refractivity contribution in [3.05, 3.63) is 64.2 Å². The zero-order valence-electron chi connectivity index (χ0n) is 18.1. The Morgan fingerprint density at radius 3 is 2.62 bits per heavy atom. The molecular formula is C25H29FN4O2. The van der Waals surface area contributed by atoms with Gasteiger partial charge in [0, 0.05) is 25.2 Å². The standard InChI is InChI=1S/C25H29FN4O2/c26-21-12-20(32-16-19-6-7-19)13-22-23(21)24(31)29-25(28-22)27-14-17-8-10-30(11-9-17)15-18-4-2-1-3-5-18/h1-5,12-13,17,19H,6-11,14-16H2,(H2,27,28,29,31). The van der Waals surface area contributed by atoms with E-state index in [-0.39, 0.29) is 5.39 Å². The summed E-state index contributed by atoms with van der Waals surface area (Å²) in [5.41, 5.74) is 1.19. The predicted molar refractivity (Wildman–Crippen MR) is 123 cm³/mol. The van der Waals surface area contributed by atoms with Gasteiger partial charge in [-0.25, -0.2) is 9.37 Å². The van der Waals surface area contributed by atoms with Gasteiger partial charge in [0.15, 0.2) is 0 Å². The third kappa shape index (κ3) is 5.10. The van der Waals surface area contributed by atoms with E-state index in [0.717, 1.165) is 51.9 Å². The Morgan fingerprint density at radius 1 is 1.09 bits per heavy atom. The van der Waals surface area contributed by atoms with Crippen molar-refractivity contribution in [2.45, 2.75) is 32.2 Å². The maximum absolute atomic E-state index is 14.5. The van der Waals surface area contributed by atoms with Crippen LogP contribution in [0.4, 0.5) is 10.3 Å². The van der Waals surface area contributed by atoms with Crippen molar-refractivity contribution in [1.82, 2.24) is 14.9 Å². The van der Waals surface area contributed by atoms with Crippen LogP contribution >= 0.6 is 0 Å². The minimum Gasteiger partial charge on any atom is -0.493 e. The van der Waals surface area contributed by atoms with Crippen LogP contribution in [0.15, 0.2) is 47.3 Å². The summed E-state index contributed by atoms with van der Waals surface area (Å²) < 4.78 is 20.2. The molecule has 2 aromatic carbocycles. The molecule has 3 aromatic rings. The van der Waals surface area contributed by atoms with Gasteiger partial charge in [0.2, 0.25) is 5.95 Å². The average Bonchev–Trinajstić information content (AvgIpc) is 3.62. The smallest absolute Gasteiger partial charge is 0.263 e. The molecule has 2 heterocycles. The summed E-state index contributed by atoms with van der Waals surface area (Å²) in [4.78, 5) is 22.1. The first-order chi connectivity index (χ1) is 15.6. The quantitative estimate of drug-likeness (QED) is 0.555. The first-order valence-corrected chi connectivity index (χ1v) is 11.5. The van der Waals surface area contributed by atoms with Gasteiger partial charge in [-0.1, -0.05) is 30.3 Å². The van der Waals surface area contributed by atoms with Crippen LogP contribution in [0.2, 0.25) is 0 Å². The zero-order valence-corrected chi connectivity index (χ0v) is 18.1. The zero-order chi connectivity index (χ0) is 21.9. The number of piperidine rings is 1. The Morgan fingerprint density at radius 2 is 1.88 bits per heavy atom. The third-order valence-electron chi connectivity index (χ3n) is 6.43. The summed E-state index contributed by atoms with van der Waals surface area (Å²) in [6, 6.07) is 13.5. The second-order valence-electron chi connectivity index (χ2n) is 9.05. The normalized spacial score (nSPS) is 17.5. The van der Waals surface area contributed by atoms with Gasteiger partial charge in [0.25, 0.3) is 5.56 Å². The van der Waals surface area contributed by atoms with Crippen molar-refractivity contribution in [1.29, 1.82) is 0 Å². The number of aromatic nitrogens is 2. The lowest BCUT2D eigenvalue weighted by Gasteiger charge is -2.32. The van der Waals surface area contributed by atoms with Crippen molar-refractivity contribution >= 4 is 16.9 Å². The number of anilines is 1. The lowest BCUT2D eigenvalue weighted by atomic mass is 9.96. The highest BCUT2D eigenvalue weighted by Gasteiger charge is 2.23. The van der Waals surface area contributed by atoms with E-state index in [4.69, 9.17) is 4.74 Å². The van der Waals surface area contributed by atoms with Crippen molar-refractivity contribution < 1.29 is 9.13 Å². The van der Waals surface area contributed by atoms with Crippen molar-refractivity contribution in [3.8, 4) is 5.75 Å².